The molecule has 130 valence electrons. The van der Waals surface area contributed by atoms with E-state index in [2.05, 4.69) is 5.32 Å². The zero-order chi connectivity index (χ0) is 17.6. The molecular weight excluding hydrogens is 292 g/mol. The van der Waals surface area contributed by atoms with Gasteiger partial charge in [0, 0.05) is 25.2 Å². The van der Waals surface area contributed by atoms with Crippen molar-refractivity contribution in [1.29, 1.82) is 0 Å². The lowest BCUT2D eigenvalue weighted by atomic mass is 10.1. The van der Waals surface area contributed by atoms with Gasteiger partial charge in [0.2, 0.25) is 0 Å². The highest BCUT2D eigenvalue weighted by Crippen LogP contribution is 2.24. The average Bonchev–Trinajstić information content (AvgIpc) is 2.41. The number of aromatic hydroxyl groups is 1. The van der Waals surface area contributed by atoms with Gasteiger partial charge in [-0.25, -0.2) is 4.79 Å². The van der Waals surface area contributed by atoms with Crippen LogP contribution in [0.1, 0.15) is 51.3 Å². The van der Waals surface area contributed by atoms with Crippen LogP contribution in [-0.2, 0) is 4.74 Å². The van der Waals surface area contributed by atoms with Gasteiger partial charge in [-0.15, -0.1) is 0 Å². The first-order chi connectivity index (χ1) is 10.6. The molecule has 0 heterocycles. The number of benzene rings is 1. The Labute approximate surface area is 139 Å². The largest absolute Gasteiger partial charge is 0.508 e. The molecule has 0 saturated carbocycles. The third kappa shape index (κ3) is 6.91. The second kappa shape index (κ2) is 8.20. The minimum absolute atomic E-state index is 0.0578. The van der Waals surface area contributed by atoms with Crippen molar-refractivity contribution in [3.8, 4) is 5.75 Å². The molecule has 1 rings (SSSR count). The normalized spacial score (nSPS) is 12.8. The number of phenolic OH excluding ortho intramolecular Hbond substituents is 1. The molecule has 0 aliphatic heterocycles. The Hall–Kier alpha value is -1.75. The van der Waals surface area contributed by atoms with E-state index in [0.29, 0.717) is 12.3 Å². The molecule has 0 fully saturated rings. The molecule has 0 bridgehead atoms. The molecule has 1 atom stereocenters. The molecule has 2 N–H and O–H groups in total. The van der Waals surface area contributed by atoms with E-state index in [-0.39, 0.29) is 12.1 Å². The summed E-state index contributed by atoms with van der Waals surface area (Å²) in [5.41, 5.74) is 1.45. The molecule has 0 spiro atoms. The number of nitrogens with zero attached hydrogens (tertiary/aromatic N) is 1. The van der Waals surface area contributed by atoms with Crippen LogP contribution in [0.4, 0.5) is 4.79 Å². The molecule has 1 aromatic carbocycles. The van der Waals surface area contributed by atoms with Gasteiger partial charge in [-0.05, 0) is 59.2 Å². The predicted octanol–water partition coefficient (Wildman–Crippen LogP) is 3.61. The topological polar surface area (TPSA) is 61.8 Å². The average molecular weight is 322 g/mol. The SMILES string of the molecule is Cc1ccc(C(C)NCCCN(C)C(=O)OC(C)(C)C)c(O)c1. The molecule has 0 aliphatic carbocycles. The molecule has 0 aliphatic rings. The second-order valence-corrected chi connectivity index (χ2v) is 6.99. The van der Waals surface area contributed by atoms with Gasteiger partial charge in [0.25, 0.3) is 0 Å². The Morgan fingerprint density at radius 2 is 2.04 bits per heavy atom. The number of aryl methyl sites for hydroxylation is 1. The van der Waals surface area contributed by atoms with Crippen LogP contribution in [0.3, 0.4) is 0 Å². The molecule has 5 heteroatoms. The number of amides is 1. The number of carbonyl (C=O) groups excluding carboxylic acids is 1. The van der Waals surface area contributed by atoms with Crippen LogP contribution in [0.2, 0.25) is 0 Å². The smallest absolute Gasteiger partial charge is 0.410 e. The van der Waals surface area contributed by atoms with E-state index < -0.39 is 5.60 Å². The molecule has 1 amide bonds. The summed E-state index contributed by atoms with van der Waals surface area (Å²) in [7, 11) is 1.74. The Morgan fingerprint density at radius 1 is 1.39 bits per heavy atom. The molecule has 0 radical (unpaired) electrons. The summed E-state index contributed by atoms with van der Waals surface area (Å²) in [5.74, 6) is 0.316. The lowest BCUT2D eigenvalue weighted by molar-refractivity contribution is 0.0297. The highest BCUT2D eigenvalue weighted by molar-refractivity contribution is 5.67. The van der Waals surface area contributed by atoms with E-state index in [4.69, 9.17) is 4.74 Å². The standard InChI is InChI=1S/C18H30N2O3/c1-13-8-9-15(16(21)12-13)14(2)19-10-7-11-20(6)17(22)23-18(3,4)5/h8-9,12,14,19,21H,7,10-11H2,1-6H3. The Kier molecular flexibility index (Phi) is 6.88. The molecule has 0 saturated heterocycles. The van der Waals surface area contributed by atoms with Crippen molar-refractivity contribution < 1.29 is 14.6 Å². The molecule has 1 unspecified atom stereocenters. The van der Waals surface area contributed by atoms with E-state index in [9.17, 15) is 9.90 Å². The summed E-state index contributed by atoms with van der Waals surface area (Å²) in [6, 6.07) is 5.75. The summed E-state index contributed by atoms with van der Waals surface area (Å²) < 4.78 is 5.31. The summed E-state index contributed by atoms with van der Waals surface area (Å²) in [4.78, 5) is 13.4. The number of phenols is 1. The fourth-order valence-corrected chi connectivity index (χ4v) is 2.20. The number of carbonyl (C=O) groups is 1. The Morgan fingerprint density at radius 3 is 2.61 bits per heavy atom. The van der Waals surface area contributed by atoms with Gasteiger partial charge in [0.15, 0.2) is 0 Å². The zero-order valence-electron chi connectivity index (χ0n) is 15.1. The molecule has 0 aromatic heterocycles. The monoisotopic (exact) mass is 322 g/mol. The Bertz CT molecular complexity index is 523. The number of nitrogens with one attached hydrogen (secondary N) is 1. The van der Waals surface area contributed by atoms with Gasteiger partial charge in [0.1, 0.15) is 11.4 Å². The first kappa shape index (κ1) is 19.3. The number of rotatable bonds is 6. The van der Waals surface area contributed by atoms with Crippen molar-refractivity contribution in [3.63, 3.8) is 0 Å². The van der Waals surface area contributed by atoms with Crippen molar-refractivity contribution in [3.05, 3.63) is 29.3 Å². The van der Waals surface area contributed by atoms with Crippen molar-refractivity contribution in [2.24, 2.45) is 0 Å². The number of hydrogen-bond acceptors (Lipinski definition) is 4. The number of ether oxygens (including phenoxy) is 1. The van der Waals surface area contributed by atoms with Crippen LogP contribution < -0.4 is 5.32 Å². The molecule has 23 heavy (non-hydrogen) atoms. The first-order valence-electron chi connectivity index (χ1n) is 8.07. The van der Waals surface area contributed by atoms with Gasteiger partial charge < -0.3 is 20.1 Å². The fourth-order valence-electron chi connectivity index (χ4n) is 2.20. The van der Waals surface area contributed by atoms with Gasteiger partial charge in [0.05, 0.1) is 0 Å². The lowest BCUT2D eigenvalue weighted by Gasteiger charge is -2.25. The van der Waals surface area contributed by atoms with E-state index in [1.807, 2.05) is 46.8 Å². The summed E-state index contributed by atoms with van der Waals surface area (Å²) >= 11 is 0. The molecule has 5 nitrogen and oxygen atoms in total. The van der Waals surface area contributed by atoms with Crippen molar-refractivity contribution in [2.75, 3.05) is 20.1 Å². The maximum Gasteiger partial charge on any atom is 0.410 e. The van der Waals surface area contributed by atoms with Crippen LogP contribution >= 0.6 is 0 Å². The van der Waals surface area contributed by atoms with E-state index in [1.165, 1.54) is 0 Å². The van der Waals surface area contributed by atoms with E-state index in [1.54, 1.807) is 18.0 Å². The predicted molar refractivity (Wildman–Crippen MR) is 92.7 cm³/mol. The minimum atomic E-state index is -0.471. The van der Waals surface area contributed by atoms with Crippen molar-refractivity contribution >= 4 is 6.09 Å². The fraction of sp³-hybridized carbons (Fsp3) is 0.611. The van der Waals surface area contributed by atoms with Crippen molar-refractivity contribution in [2.45, 2.75) is 52.7 Å². The van der Waals surface area contributed by atoms with Crippen molar-refractivity contribution in [1.82, 2.24) is 10.2 Å². The zero-order valence-corrected chi connectivity index (χ0v) is 15.1. The highest BCUT2D eigenvalue weighted by Gasteiger charge is 2.19. The van der Waals surface area contributed by atoms with E-state index >= 15 is 0 Å². The Balaban J connectivity index is 2.35. The summed E-state index contributed by atoms with van der Waals surface area (Å²) in [6.45, 7) is 10.9. The van der Waals surface area contributed by atoms with Crippen LogP contribution in [0, 0.1) is 6.92 Å². The summed E-state index contributed by atoms with van der Waals surface area (Å²) in [6.07, 6.45) is 0.508. The van der Waals surface area contributed by atoms with Crippen LogP contribution in [0.15, 0.2) is 18.2 Å². The van der Waals surface area contributed by atoms with Gasteiger partial charge in [-0.1, -0.05) is 12.1 Å². The van der Waals surface area contributed by atoms with Crippen LogP contribution in [0.25, 0.3) is 0 Å². The highest BCUT2D eigenvalue weighted by atomic mass is 16.6. The third-order valence-electron chi connectivity index (χ3n) is 3.48. The third-order valence-corrected chi connectivity index (χ3v) is 3.48. The van der Waals surface area contributed by atoms with Gasteiger partial charge >= 0.3 is 6.09 Å². The van der Waals surface area contributed by atoms with Gasteiger partial charge in [-0.3, -0.25) is 0 Å². The first-order valence-corrected chi connectivity index (χ1v) is 8.07. The van der Waals surface area contributed by atoms with Gasteiger partial charge in [-0.2, -0.15) is 0 Å². The maximum absolute atomic E-state index is 11.8. The van der Waals surface area contributed by atoms with E-state index in [0.717, 1.165) is 24.1 Å². The van der Waals surface area contributed by atoms with Crippen LogP contribution in [0.5, 0.6) is 5.75 Å². The maximum atomic E-state index is 11.8. The summed E-state index contributed by atoms with van der Waals surface area (Å²) in [5, 5.41) is 13.3. The second-order valence-electron chi connectivity index (χ2n) is 6.99. The molecular formula is C18H30N2O3. The molecule has 1 aromatic rings. The number of hydrogen-bond donors (Lipinski definition) is 2. The lowest BCUT2D eigenvalue weighted by Crippen LogP contribution is -2.35. The quantitative estimate of drug-likeness (QED) is 0.786. The minimum Gasteiger partial charge on any atom is -0.508 e. The van der Waals surface area contributed by atoms with Crippen LogP contribution in [-0.4, -0.2) is 41.8 Å².